The number of benzene rings is 3. The van der Waals surface area contributed by atoms with Gasteiger partial charge < -0.3 is 9.47 Å². The number of ether oxygens (including phenoxy) is 2. The molecular formula is C22H18O4. The molecule has 0 bridgehead atoms. The molecule has 0 aliphatic carbocycles. The average Bonchev–Trinajstić information content (AvgIpc) is 2.67. The van der Waals surface area contributed by atoms with E-state index in [2.05, 4.69) is 0 Å². The van der Waals surface area contributed by atoms with E-state index in [1.165, 1.54) is 6.08 Å². The summed E-state index contributed by atoms with van der Waals surface area (Å²) in [6.45, 7) is 2.52. The summed E-state index contributed by atoms with van der Waals surface area (Å²) < 4.78 is 10.7. The van der Waals surface area contributed by atoms with E-state index in [1.807, 2.05) is 61.5 Å². The van der Waals surface area contributed by atoms with Gasteiger partial charge in [-0.2, -0.15) is 0 Å². The van der Waals surface area contributed by atoms with Crippen LogP contribution in [0, 0.1) is 0 Å². The van der Waals surface area contributed by atoms with Gasteiger partial charge in [-0.05, 0) is 47.5 Å². The van der Waals surface area contributed by atoms with Crippen LogP contribution in [0.15, 0.2) is 66.7 Å². The van der Waals surface area contributed by atoms with Crippen LogP contribution >= 0.6 is 0 Å². The van der Waals surface area contributed by atoms with Crippen molar-refractivity contribution in [3.63, 3.8) is 0 Å². The van der Waals surface area contributed by atoms with E-state index in [4.69, 9.17) is 9.47 Å². The largest absolute Gasteiger partial charge is 0.494 e. The fourth-order valence-electron chi connectivity index (χ4n) is 2.63. The minimum absolute atomic E-state index is 0.250. The summed E-state index contributed by atoms with van der Waals surface area (Å²) in [6.07, 6.45) is 3.69. The number of hydrogen-bond donors (Lipinski definition) is 0. The molecule has 0 amide bonds. The molecular weight excluding hydrogens is 328 g/mol. The predicted molar refractivity (Wildman–Crippen MR) is 102 cm³/mol. The van der Waals surface area contributed by atoms with E-state index in [9.17, 15) is 9.59 Å². The highest BCUT2D eigenvalue weighted by molar-refractivity contribution is 6.02. The lowest BCUT2D eigenvalue weighted by Crippen LogP contribution is -2.06. The van der Waals surface area contributed by atoms with E-state index < -0.39 is 5.97 Å². The highest BCUT2D eigenvalue weighted by Crippen LogP contribution is 2.26. The van der Waals surface area contributed by atoms with Gasteiger partial charge in [0.15, 0.2) is 6.29 Å². The first-order chi connectivity index (χ1) is 12.7. The van der Waals surface area contributed by atoms with Crippen LogP contribution in [-0.4, -0.2) is 18.9 Å². The maximum Gasteiger partial charge on any atom is 0.336 e. The third-order valence-electron chi connectivity index (χ3n) is 3.86. The zero-order chi connectivity index (χ0) is 18.4. The number of hydrogen-bond acceptors (Lipinski definition) is 4. The lowest BCUT2D eigenvalue weighted by Gasteiger charge is -2.07. The Bertz CT molecular complexity index is 956. The number of esters is 1. The quantitative estimate of drug-likeness (QED) is 0.282. The molecule has 4 nitrogen and oxygen atoms in total. The summed E-state index contributed by atoms with van der Waals surface area (Å²) in [5, 5.41) is 1.67. The third-order valence-corrected chi connectivity index (χ3v) is 3.86. The van der Waals surface area contributed by atoms with Crippen molar-refractivity contribution < 1.29 is 19.1 Å². The van der Waals surface area contributed by atoms with Gasteiger partial charge in [-0.1, -0.05) is 42.5 Å². The van der Waals surface area contributed by atoms with Gasteiger partial charge in [0, 0.05) is 6.08 Å². The van der Waals surface area contributed by atoms with Gasteiger partial charge in [0.05, 0.1) is 12.2 Å². The molecule has 0 aliphatic heterocycles. The fourth-order valence-corrected chi connectivity index (χ4v) is 2.63. The van der Waals surface area contributed by atoms with Crippen LogP contribution in [0.5, 0.6) is 11.5 Å². The van der Waals surface area contributed by atoms with Crippen molar-refractivity contribution in [1.82, 2.24) is 0 Å². The standard InChI is InChI=1S/C22H18O4/c1-2-25-18-11-7-16(8-12-18)9-14-22(24)26-21-13-10-17-5-3-4-6-19(17)20(21)15-23/h3-15H,2H2,1H3. The van der Waals surface area contributed by atoms with E-state index in [0.29, 0.717) is 18.5 Å². The van der Waals surface area contributed by atoms with Gasteiger partial charge in [-0.25, -0.2) is 4.79 Å². The van der Waals surface area contributed by atoms with Crippen LogP contribution in [0.2, 0.25) is 0 Å². The van der Waals surface area contributed by atoms with Gasteiger partial charge in [0.25, 0.3) is 0 Å². The molecule has 0 aromatic heterocycles. The molecule has 0 heterocycles. The van der Waals surface area contributed by atoms with Crippen LogP contribution in [0.1, 0.15) is 22.8 Å². The maximum absolute atomic E-state index is 12.1. The summed E-state index contributed by atoms with van der Waals surface area (Å²) >= 11 is 0. The van der Waals surface area contributed by atoms with Crippen LogP contribution in [0.3, 0.4) is 0 Å². The second kappa shape index (κ2) is 8.12. The molecule has 3 rings (SSSR count). The first kappa shape index (κ1) is 17.4. The highest BCUT2D eigenvalue weighted by Gasteiger charge is 2.10. The Morgan fingerprint density at radius 2 is 1.77 bits per heavy atom. The molecule has 0 spiro atoms. The molecule has 3 aromatic rings. The molecule has 0 saturated heterocycles. The number of aldehydes is 1. The minimum Gasteiger partial charge on any atom is -0.494 e. The Morgan fingerprint density at radius 1 is 1.00 bits per heavy atom. The number of carbonyl (C=O) groups excluding carboxylic acids is 2. The van der Waals surface area contributed by atoms with Crippen molar-refractivity contribution in [2.75, 3.05) is 6.61 Å². The van der Waals surface area contributed by atoms with Gasteiger partial charge in [0.1, 0.15) is 11.5 Å². The number of rotatable bonds is 6. The molecule has 26 heavy (non-hydrogen) atoms. The SMILES string of the molecule is CCOc1ccc(C=CC(=O)Oc2ccc3ccccc3c2C=O)cc1. The molecule has 0 N–H and O–H groups in total. The zero-order valence-electron chi connectivity index (χ0n) is 14.3. The van der Waals surface area contributed by atoms with Crippen molar-refractivity contribution >= 4 is 29.1 Å². The van der Waals surface area contributed by atoms with Gasteiger partial charge in [-0.15, -0.1) is 0 Å². The monoisotopic (exact) mass is 346 g/mol. The first-order valence-corrected chi connectivity index (χ1v) is 8.31. The molecule has 3 aromatic carbocycles. The first-order valence-electron chi connectivity index (χ1n) is 8.31. The second-order valence-electron chi connectivity index (χ2n) is 5.57. The maximum atomic E-state index is 12.1. The Labute approximate surface area is 151 Å². The van der Waals surface area contributed by atoms with E-state index in [0.717, 1.165) is 22.1 Å². The summed E-state index contributed by atoms with van der Waals surface area (Å²) in [5.74, 6) is 0.483. The van der Waals surface area contributed by atoms with Gasteiger partial charge >= 0.3 is 5.97 Å². The topological polar surface area (TPSA) is 52.6 Å². The van der Waals surface area contributed by atoms with Crippen molar-refractivity contribution in [3.8, 4) is 11.5 Å². The Kier molecular flexibility index (Phi) is 5.44. The fraction of sp³-hybridized carbons (Fsp3) is 0.0909. The highest BCUT2D eigenvalue weighted by atomic mass is 16.5. The van der Waals surface area contributed by atoms with Crippen LogP contribution in [-0.2, 0) is 4.79 Å². The van der Waals surface area contributed by atoms with Crippen LogP contribution in [0.4, 0.5) is 0 Å². The minimum atomic E-state index is -0.544. The van der Waals surface area contributed by atoms with Crippen molar-refractivity contribution in [2.24, 2.45) is 0 Å². The molecule has 0 fully saturated rings. The normalized spacial score (nSPS) is 10.8. The average molecular weight is 346 g/mol. The predicted octanol–water partition coefficient (Wildman–Crippen LogP) is 4.67. The molecule has 0 saturated carbocycles. The Balaban J connectivity index is 1.75. The smallest absolute Gasteiger partial charge is 0.336 e. The van der Waals surface area contributed by atoms with E-state index in [1.54, 1.807) is 12.1 Å². The lowest BCUT2D eigenvalue weighted by atomic mass is 10.0. The molecule has 4 heteroatoms. The molecule has 130 valence electrons. The number of carbonyl (C=O) groups is 2. The summed E-state index contributed by atoms with van der Waals surface area (Å²) in [7, 11) is 0. The van der Waals surface area contributed by atoms with Crippen LogP contribution in [0.25, 0.3) is 16.8 Å². The second-order valence-corrected chi connectivity index (χ2v) is 5.57. The van der Waals surface area contributed by atoms with Gasteiger partial charge in [0.2, 0.25) is 0 Å². The van der Waals surface area contributed by atoms with Crippen molar-refractivity contribution in [1.29, 1.82) is 0 Å². The third kappa shape index (κ3) is 3.98. The van der Waals surface area contributed by atoms with E-state index >= 15 is 0 Å². The Morgan fingerprint density at radius 3 is 2.50 bits per heavy atom. The summed E-state index contributed by atoms with van der Waals surface area (Å²) in [6, 6.07) is 18.3. The molecule has 0 atom stereocenters. The summed E-state index contributed by atoms with van der Waals surface area (Å²) in [4.78, 5) is 23.6. The van der Waals surface area contributed by atoms with Crippen molar-refractivity contribution in [2.45, 2.75) is 6.92 Å². The van der Waals surface area contributed by atoms with E-state index in [-0.39, 0.29) is 5.75 Å². The molecule has 0 radical (unpaired) electrons. The summed E-state index contributed by atoms with van der Waals surface area (Å²) in [5.41, 5.74) is 1.21. The zero-order valence-corrected chi connectivity index (χ0v) is 14.3. The molecule has 0 unspecified atom stereocenters. The lowest BCUT2D eigenvalue weighted by molar-refractivity contribution is -0.128. The van der Waals surface area contributed by atoms with Crippen molar-refractivity contribution in [3.05, 3.63) is 77.9 Å². The van der Waals surface area contributed by atoms with Gasteiger partial charge in [-0.3, -0.25) is 4.79 Å². The molecule has 0 aliphatic rings. The van der Waals surface area contributed by atoms with Crippen LogP contribution < -0.4 is 9.47 Å². The Hall–Kier alpha value is -3.40. The number of fused-ring (bicyclic) bond motifs is 1.